The Hall–Kier alpha value is -4.63. The first-order chi connectivity index (χ1) is 17.6. The summed E-state index contributed by atoms with van der Waals surface area (Å²) in [4.78, 5) is 27.8. The van der Waals surface area contributed by atoms with E-state index in [9.17, 15) is 14.9 Å². The van der Waals surface area contributed by atoms with Gasteiger partial charge in [-0.3, -0.25) is 14.9 Å². The van der Waals surface area contributed by atoms with Crippen LogP contribution in [-0.4, -0.2) is 23.3 Å². The fourth-order valence-corrected chi connectivity index (χ4v) is 4.71. The highest BCUT2D eigenvalue weighted by atomic mass is 16.4. The lowest BCUT2D eigenvalue weighted by Crippen LogP contribution is -2.30. The van der Waals surface area contributed by atoms with E-state index in [2.05, 4.69) is 11.4 Å². The SMILES string of the molecule is CC(c1ccccc1)N1CC(C(=O)Nc2oc(-c3ccccc3)c(-c3ccccc3)c2C#N)CC1=O. The molecule has 1 N–H and O–H groups in total. The number of carbonyl (C=O) groups is 2. The zero-order valence-corrected chi connectivity index (χ0v) is 19.8. The number of benzene rings is 3. The zero-order chi connectivity index (χ0) is 25.1. The van der Waals surface area contributed by atoms with Crippen LogP contribution in [0.3, 0.4) is 0 Å². The standard InChI is InChI=1S/C30H25N3O3/c1-20(21-11-5-2-6-12-21)33-19-24(17-26(33)34)29(35)32-30-25(18-31)27(22-13-7-3-8-14-22)28(36-30)23-15-9-4-10-16-23/h2-16,20,24H,17,19H2,1H3,(H,32,35). The van der Waals surface area contributed by atoms with Gasteiger partial charge in [0.1, 0.15) is 17.4 Å². The number of likely N-dealkylation sites (tertiary alicyclic amines) is 1. The molecule has 1 saturated heterocycles. The summed E-state index contributed by atoms with van der Waals surface area (Å²) in [7, 11) is 0. The monoisotopic (exact) mass is 475 g/mol. The minimum atomic E-state index is -0.541. The van der Waals surface area contributed by atoms with Crippen LogP contribution >= 0.6 is 0 Å². The first-order valence-corrected chi connectivity index (χ1v) is 11.9. The van der Waals surface area contributed by atoms with Crippen LogP contribution in [0.25, 0.3) is 22.5 Å². The number of amides is 2. The van der Waals surface area contributed by atoms with E-state index < -0.39 is 5.92 Å². The minimum Gasteiger partial charge on any atom is -0.438 e. The summed E-state index contributed by atoms with van der Waals surface area (Å²) in [6.07, 6.45) is 0.114. The van der Waals surface area contributed by atoms with E-state index >= 15 is 0 Å². The molecule has 4 aromatic rings. The van der Waals surface area contributed by atoms with Crippen LogP contribution in [-0.2, 0) is 9.59 Å². The van der Waals surface area contributed by atoms with Gasteiger partial charge in [0.15, 0.2) is 0 Å². The lowest BCUT2D eigenvalue weighted by Gasteiger charge is -2.25. The van der Waals surface area contributed by atoms with E-state index in [0.717, 1.165) is 16.7 Å². The van der Waals surface area contributed by atoms with Crippen LogP contribution in [0.2, 0.25) is 0 Å². The summed E-state index contributed by atoms with van der Waals surface area (Å²) in [5.41, 5.74) is 3.52. The molecular weight excluding hydrogens is 450 g/mol. The van der Waals surface area contributed by atoms with E-state index in [1.165, 1.54) is 0 Å². The molecule has 0 radical (unpaired) electrons. The lowest BCUT2D eigenvalue weighted by atomic mass is 9.98. The topological polar surface area (TPSA) is 86.3 Å². The van der Waals surface area contributed by atoms with Gasteiger partial charge < -0.3 is 9.32 Å². The molecule has 2 atom stereocenters. The average molecular weight is 476 g/mol. The Bertz CT molecular complexity index is 1420. The Morgan fingerprint density at radius 1 is 0.972 bits per heavy atom. The summed E-state index contributed by atoms with van der Waals surface area (Å²) < 4.78 is 6.13. The highest BCUT2D eigenvalue weighted by Crippen LogP contribution is 2.41. The van der Waals surface area contributed by atoms with Crippen molar-refractivity contribution in [3.05, 3.63) is 102 Å². The van der Waals surface area contributed by atoms with E-state index in [1.54, 1.807) is 4.90 Å². The number of hydrogen-bond acceptors (Lipinski definition) is 4. The van der Waals surface area contributed by atoms with Crippen molar-refractivity contribution in [3.8, 4) is 28.5 Å². The van der Waals surface area contributed by atoms with Crippen molar-refractivity contribution in [1.29, 1.82) is 5.26 Å². The number of rotatable bonds is 6. The van der Waals surface area contributed by atoms with Crippen molar-refractivity contribution in [1.82, 2.24) is 4.90 Å². The van der Waals surface area contributed by atoms with Crippen molar-refractivity contribution in [2.75, 3.05) is 11.9 Å². The summed E-state index contributed by atoms with van der Waals surface area (Å²) in [5, 5.41) is 12.9. The molecular formula is C30H25N3O3. The molecule has 0 aliphatic carbocycles. The fraction of sp³-hybridized carbons (Fsp3) is 0.167. The molecule has 5 rings (SSSR count). The Balaban J connectivity index is 1.44. The van der Waals surface area contributed by atoms with Crippen molar-refractivity contribution < 1.29 is 14.0 Å². The molecule has 1 aromatic heterocycles. The number of anilines is 1. The second kappa shape index (κ2) is 9.93. The van der Waals surface area contributed by atoms with E-state index in [1.807, 2.05) is 97.9 Å². The highest BCUT2D eigenvalue weighted by molar-refractivity contribution is 5.99. The molecule has 0 spiro atoms. The number of nitrogens with zero attached hydrogens (tertiary/aromatic N) is 2. The molecule has 178 valence electrons. The van der Waals surface area contributed by atoms with Gasteiger partial charge in [-0.2, -0.15) is 5.26 Å². The van der Waals surface area contributed by atoms with Gasteiger partial charge in [0.05, 0.1) is 12.0 Å². The molecule has 6 heteroatoms. The quantitative estimate of drug-likeness (QED) is 0.369. The predicted molar refractivity (Wildman–Crippen MR) is 138 cm³/mol. The first-order valence-electron chi connectivity index (χ1n) is 11.9. The van der Waals surface area contributed by atoms with Crippen LogP contribution in [0.5, 0.6) is 0 Å². The van der Waals surface area contributed by atoms with Gasteiger partial charge in [0, 0.05) is 24.1 Å². The van der Waals surface area contributed by atoms with Crippen molar-refractivity contribution in [2.24, 2.45) is 5.92 Å². The van der Waals surface area contributed by atoms with Gasteiger partial charge in [-0.25, -0.2) is 0 Å². The second-order valence-electron chi connectivity index (χ2n) is 8.88. The zero-order valence-electron chi connectivity index (χ0n) is 19.8. The molecule has 6 nitrogen and oxygen atoms in total. The maximum absolute atomic E-state index is 13.3. The van der Waals surface area contributed by atoms with Gasteiger partial charge in [0.2, 0.25) is 17.7 Å². The number of nitrogens with one attached hydrogen (secondary N) is 1. The van der Waals surface area contributed by atoms with Crippen LogP contribution < -0.4 is 5.32 Å². The molecule has 2 heterocycles. The van der Waals surface area contributed by atoms with E-state index in [4.69, 9.17) is 4.42 Å². The molecule has 3 aromatic carbocycles. The molecule has 1 aliphatic rings. The molecule has 2 unspecified atom stereocenters. The first kappa shape index (κ1) is 23.1. The molecule has 2 amide bonds. The van der Waals surface area contributed by atoms with E-state index in [-0.39, 0.29) is 35.7 Å². The molecule has 36 heavy (non-hydrogen) atoms. The summed E-state index contributed by atoms with van der Waals surface area (Å²) >= 11 is 0. The van der Waals surface area contributed by atoms with Crippen LogP contribution in [0.15, 0.2) is 95.4 Å². The van der Waals surface area contributed by atoms with Gasteiger partial charge in [-0.15, -0.1) is 0 Å². The molecule has 1 aliphatic heterocycles. The smallest absolute Gasteiger partial charge is 0.232 e. The van der Waals surface area contributed by atoms with Crippen LogP contribution in [0, 0.1) is 17.2 Å². The maximum Gasteiger partial charge on any atom is 0.232 e. The number of hydrogen-bond donors (Lipinski definition) is 1. The molecule has 0 saturated carbocycles. The minimum absolute atomic E-state index is 0.0681. The van der Waals surface area contributed by atoms with Gasteiger partial charge in [0.25, 0.3) is 0 Å². The summed E-state index contributed by atoms with van der Waals surface area (Å²) in [6.45, 7) is 2.27. The Kier molecular flexibility index (Phi) is 6.38. The largest absolute Gasteiger partial charge is 0.438 e. The molecule has 0 bridgehead atoms. The van der Waals surface area contributed by atoms with Crippen molar-refractivity contribution in [3.63, 3.8) is 0 Å². The predicted octanol–water partition coefficient (Wildman–Crippen LogP) is 6.03. The Morgan fingerprint density at radius 3 is 2.17 bits per heavy atom. The average Bonchev–Trinajstić information content (AvgIpc) is 3.50. The maximum atomic E-state index is 13.3. The third kappa shape index (κ3) is 4.39. The normalized spacial score (nSPS) is 15.9. The second-order valence-corrected chi connectivity index (χ2v) is 8.88. The number of carbonyl (C=O) groups excluding carboxylic acids is 2. The number of nitriles is 1. The van der Waals surface area contributed by atoms with Gasteiger partial charge in [-0.05, 0) is 18.1 Å². The van der Waals surface area contributed by atoms with Crippen molar-refractivity contribution in [2.45, 2.75) is 19.4 Å². The van der Waals surface area contributed by atoms with Crippen molar-refractivity contribution >= 4 is 17.7 Å². The summed E-state index contributed by atoms with van der Waals surface area (Å²) in [5.74, 6) is -0.338. The van der Waals surface area contributed by atoms with Crippen LogP contribution in [0.4, 0.5) is 5.88 Å². The fourth-order valence-electron chi connectivity index (χ4n) is 4.71. The van der Waals surface area contributed by atoms with Crippen LogP contribution in [0.1, 0.15) is 30.5 Å². The Labute approximate surface area is 209 Å². The molecule has 1 fully saturated rings. The van der Waals surface area contributed by atoms with Gasteiger partial charge in [-0.1, -0.05) is 91.0 Å². The third-order valence-corrected chi connectivity index (χ3v) is 6.63. The number of furan rings is 1. The highest BCUT2D eigenvalue weighted by Gasteiger charge is 2.38. The van der Waals surface area contributed by atoms with E-state index in [0.29, 0.717) is 17.9 Å². The Morgan fingerprint density at radius 2 is 1.56 bits per heavy atom. The summed E-state index contributed by atoms with van der Waals surface area (Å²) in [6, 6.07) is 30.8. The lowest BCUT2D eigenvalue weighted by molar-refractivity contribution is -0.129. The van der Waals surface area contributed by atoms with Gasteiger partial charge >= 0.3 is 0 Å². The third-order valence-electron chi connectivity index (χ3n) is 6.63.